The number of aromatic nitrogens is 2. The number of benzene rings is 1. The number of nitrogens with two attached hydrogens (primary N) is 1. The van der Waals surface area contributed by atoms with E-state index in [0.717, 1.165) is 36.1 Å². The number of Topliss-reactive ketones (excluding diaryl/α,β-unsaturated/α-hetero) is 1. The zero-order chi connectivity index (χ0) is 25.4. The highest BCUT2D eigenvalue weighted by Crippen LogP contribution is 2.40. The van der Waals surface area contributed by atoms with E-state index in [1.807, 2.05) is 6.07 Å². The Kier molecular flexibility index (Phi) is 7.08. The van der Waals surface area contributed by atoms with Crippen molar-refractivity contribution >= 4 is 5.78 Å². The second kappa shape index (κ2) is 9.90. The van der Waals surface area contributed by atoms with Crippen LogP contribution in [0.4, 0.5) is 13.2 Å². The summed E-state index contributed by atoms with van der Waals surface area (Å²) in [6, 6.07) is 5.41. The Bertz CT molecular complexity index is 1260. The number of ketones is 1. The molecule has 0 spiro atoms. The molecule has 0 radical (unpaired) electrons. The summed E-state index contributed by atoms with van der Waals surface area (Å²) in [5, 5.41) is 0. The van der Waals surface area contributed by atoms with Gasteiger partial charge in [0, 0.05) is 24.9 Å². The molecule has 4 atom stereocenters. The van der Waals surface area contributed by atoms with Gasteiger partial charge in [-0.25, -0.2) is 18.2 Å². The van der Waals surface area contributed by atoms with Crippen LogP contribution >= 0.6 is 0 Å². The molecule has 1 saturated carbocycles. The molecule has 184 valence electrons. The average Bonchev–Trinajstić information content (AvgIpc) is 2.82. The molecule has 7 heteroatoms. The third-order valence-electron chi connectivity index (χ3n) is 7.61. The fraction of sp³-hybridized carbons (Fsp3) is 0.393. The SMILES string of the molecule is Cc1cc(F)c(-c2nc(C(=O)Cc3cnccc3[C@H]3C[C@@H](N)[C@@H](C)[C@@H](C)C3)ccc2F)c(F)c1C. The van der Waals surface area contributed by atoms with E-state index >= 15 is 0 Å². The minimum Gasteiger partial charge on any atom is -0.327 e. The fourth-order valence-electron chi connectivity index (χ4n) is 5.05. The lowest BCUT2D eigenvalue weighted by molar-refractivity contribution is 0.0987. The highest BCUT2D eigenvalue weighted by molar-refractivity contribution is 5.96. The van der Waals surface area contributed by atoms with Gasteiger partial charge >= 0.3 is 0 Å². The lowest BCUT2D eigenvalue weighted by Gasteiger charge is -2.37. The fourth-order valence-corrected chi connectivity index (χ4v) is 5.05. The summed E-state index contributed by atoms with van der Waals surface area (Å²) in [5.41, 5.74) is 7.63. The third kappa shape index (κ3) is 4.87. The van der Waals surface area contributed by atoms with Gasteiger partial charge in [-0.05, 0) is 91.0 Å². The van der Waals surface area contributed by atoms with Crippen molar-refractivity contribution in [2.75, 3.05) is 0 Å². The maximum absolute atomic E-state index is 14.9. The number of hydrogen-bond donors (Lipinski definition) is 1. The van der Waals surface area contributed by atoms with Gasteiger partial charge in [0.1, 0.15) is 28.8 Å². The van der Waals surface area contributed by atoms with Gasteiger partial charge in [-0.2, -0.15) is 0 Å². The van der Waals surface area contributed by atoms with Crippen LogP contribution in [-0.2, 0) is 6.42 Å². The molecule has 3 aromatic rings. The minimum atomic E-state index is -0.923. The molecule has 0 aliphatic heterocycles. The first-order valence-electron chi connectivity index (χ1n) is 11.9. The minimum absolute atomic E-state index is 0.00515. The zero-order valence-electron chi connectivity index (χ0n) is 20.4. The maximum Gasteiger partial charge on any atom is 0.185 e. The van der Waals surface area contributed by atoms with E-state index in [9.17, 15) is 18.0 Å². The monoisotopic (exact) mass is 481 g/mol. The molecule has 4 rings (SSSR count). The van der Waals surface area contributed by atoms with Gasteiger partial charge in [0.25, 0.3) is 0 Å². The number of aryl methyl sites for hydroxylation is 1. The highest BCUT2D eigenvalue weighted by atomic mass is 19.1. The Hall–Kier alpha value is -3.06. The van der Waals surface area contributed by atoms with E-state index in [2.05, 4.69) is 23.8 Å². The number of pyridine rings is 2. The predicted octanol–water partition coefficient (Wildman–Crippen LogP) is 6.08. The molecule has 35 heavy (non-hydrogen) atoms. The van der Waals surface area contributed by atoms with E-state index in [1.165, 1.54) is 13.0 Å². The first kappa shape index (κ1) is 25.0. The summed E-state index contributed by atoms with van der Waals surface area (Å²) in [7, 11) is 0. The lowest BCUT2D eigenvalue weighted by Crippen LogP contribution is -2.39. The van der Waals surface area contributed by atoms with Crippen molar-refractivity contribution in [3.8, 4) is 11.3 Å². The highest BCUT2D eigenvalue weighted by Gasteiger charge is 2.32. The molecule has 4 nitrogen and oxygen atoms in total. The topological polar surface area (TPSA) is 68.9 Å². The van der Waals surface area contributed by atoms with E-state index in [0.29, 0.717) is 17.4 Å². The van der Waals surface area contributed by atoms with Crippen molar-refractivity contribution in [2.24, 2.45) is 17.6 Å². The van der Waals surface area contributed by atoms with Crippen LogP contribution in [0, 0.1) is 43.1 Å². The summed E-state index contributed by atoms with van der Waals surface area (Å²) in [4.78, 5) is 21.5. The van der Waals surface area contributed by atoms with Crippen LogP contribution in [0.25, 0.3) is 11.3 Å². The van der Waals surface area contributed by atoms with Gasteiger partial charge < -0.3 is 5.73 Å². The Balaban J connectivity index is 1.66. The van der Waals surface area contributed by atoms with Gasteiger partial charge in [-0.3, -0.25) is 9.78 Å². The smallest absolute Gasteiger partial charge is 0.185 e. The molecule has 1 aliphatic carbocycles. The quantitative estimate of drug-likeness (QED) is 0.449. The summed E-state index contributed by atoms with van der Waals surface area (Å²) in [6.07, 6.45) is 5.14. The normalized spacial score (nSPS) is 22.3. The predicted molar refractivity (Wildman–Crippen MR) is 130 cm³/mol. The summed E-state index contributed by atoms with van der Waals surface area (Å²) >= 11 is 0. The standard InChI is InChI=1S/C28H30F3N3O/c1-14-9-18(11-23(32)16(14)3)20-7-8-33-13-19(20)12-25(35)24-6-5-21(29)28(34-24)26-22(30)10-15(2)17(4)27(26)31/h5-8,10,13-14,16,18,23H,9,11-12,32H2,1-4H3/t14-,16-,18+,23+/m0/s1. The second-order valence-electron chi connectivity index (χ2n) is 9.86. The van der Waals surface area contributed by atoms with Gasteiger partial charge in [0.2, 0.25) is 0 Å². The van der Waals surface area contributed by atoms with Crippen LogP contribution < -0.4 is 5.73 Å². The Labute approximate surface area is 203 Å². The van der Waals surface area contributed by atoms with Crippen molar-refractivity contribution in [3.63, 3.8) is 0 Å². The Morgan fingerprint density at radius 3 is 2.54 bits per heavy atom. The molecule has 0 bridgehead atoms. The molecule has 0 amide bonds. The lowest BCUT2D eigenvalue weighted by atomic mass is 9.70. The van der Waals surface area contributed by atoms with Crippen molar-refractivity contribution in [1.82, 2.24) is 9.97 Å². The Morgan fingerprint density at radius 2 is 1.83 bits per heavy atom. The molecule has 1 aromatic carbocycles. The average molecular weight is 482 g/mol. The van der Waals surface area contributed by atoms with E-state index in [4.69, 9.17) is 5.73 Å². The molecule has 1 aliphatic rings. The number of rotatable bonds is 5. The summed E-state index contributed by atoms with van der Waals surface area (Å²) < 4.78 is 44.1. The molecule has 2 aromatic heterocycles. The van der Waals surface area contributed by atoms with Crippen LogP contribution in [0.5, 0.6) is 0 Å². The molecular weight excluding hydrogens is 451 g/mol. The molecule has 2 heterocycles. The van der Waals surface area contributed by atoms with Crippen LogP contribution in [0.15, 0.2) is 36.7 Å². The van der Waals surface area contributed by atoms with Crippen LogP contribution in [-0.4, -0.2) is 21.8 Å². The number of halogens is 3. The number of carbonyl (C=O) groups is 1. The van der Waals surface area contributed by atoms with Crippen LogP contribution in [0.2, 0.25) is 0 Å². The van der Waals surface area contributed by atoms with Crippen molar-refractivity contribution in [2.45, 2.75) is 58.9 Å². The zero-order valence-corrected chi connectivity index (χ0v) is 20.4. The van der Waals surface area contributed by atoms with Gasteiger partial charge in [0.05, 0.1) is 5.56 Å². The number of carbonyl (C=O) groups excluding carboxylic acids is 1. The number of hydrogen-bond acceptors (Lipinski definition) is 4. The molecule has 0 saturated heterocycles. The van der Waals surface area contributed by atoms with E-state index in [-0.39, 0.29) is 35.4 Å². The van der Waals surface area contributed by atoms with Gasteiger partial charge in [-0.1, -0.05) is 13.8 Å². The van der Waals surface area contributed by atoms with Crippen LogP contribution in [0.1, 0.15) is 65.3 Å². The van der Waals surface area contributed by atoms with Crippen LogP contribution in [0.3, 0.4) is 0 Å². The van der Waals surface area contributed by atoms with E-state index < -0.39 is 28.7 Å². The molecule has 2 N–H and O–H groups in total. The first-order chi connectivity index (χ1) is 16.6. The van der Waals surface area contributed by atoms with Crippen molar-refractivity contribution in [3.05, 3.63) is 82.1 Å². The Morgan fingerprint density at radius 1 is 1.09 bits per heavy atom. The molecular formula is C28H30F3N3O. The van der Waals surface area contributed by atoms with Gasteiger partial charge in [0.15, 0.2) is 5.78 Å². The summed E-state index contributed by atoms with van der Waals surface area (Å²) in [5.74, 6) is -2.01. The molecule has 1 fully saturated rings. The largest absolute Gasteiger partial charge is 0.327 e. The van der Waals surface area contributed by atoms with E-state index in [1.54, 1.807) is 19.3 Å². The number of nitrogens with zero attached hydrogens (tertiary/aromatic N) is 2. The third-order valence-corrected chi connectivity index (χ3v) is 7.61. The van der Waals surface area contributed by atoms with Gasteiger partial charge in [-0.15, -0.1) is 0 Å². The maximum atomic E-state index is 14.9. The van der Waals surface area contributed by atoms with Crippen molar-refractivity contribution < 1.29 is 18.0 Å². The summed E-state index contributed by atoms with van der Waals surface area (Å²) in [6.45, 7) is 7.42. The first-order valence-corrected chi connectivity index (χ1v) is 11.9. The molecule has 0 unspecified atom stereocenters. The van der Waals surface area contributed by atoms with Crippen molar-refractivity contribution in [1.29, 1.82) is 0 Å². The second-order valence-corrected chi connectivity index (χ2v) is 9.86.